The third-order valence-corrected chi connectivity index (χ3v) is 0. The molecule has 0 aromatic heterocycles. The molecule has 0 unspecified atom stereocenters. The van der Waals surface area contributed by atoms with Crippen molar-refractivity contribution < 1.29 is 41.4 Å². The van der Waals surface area contributed by atoms with Crippen molar-refractivity contribution in [3.8, 4) is 0 Å². The van der Waals surface area contributed by atoms with E-state index in [1.165, 1.54) is 0 Å². The van der Waals surface area contributed by atoms with Crippen molar-refractivity contribution in [1.82, 2.24) is 0 Å². The Labute approximate surface area is 67.4 Å². The van der Waals surface area contributed by atoms with Crippen LogP contribution in [0.25, 0.3) is 0 Å². The molecule has 0 saturated heterocycles. The Morgan fingerprint density at radius 3 is 0.667 bits per heavy atom. The Hall–Kier alpha value is 1.35. The van der Waals surface area contributed by atoms with Gasteiger partial charge in [0.15, 0.2) is 0 Å². The van der Waals surface area contributed by atoms with E-state index >= 15 is 0 Å². The van der Waals surface area contributed by atoms with Gasteiger partial charge in [-0.15, -0.1) is 0 Å². The van der Waals surface area contributed by atoms with Gasteiger partial charge < -0.3 is 21.9 Å². The summed E-state index contributed by atoms with van der Waals surface area (Å²) in [5, 5.41) is 0. The first-order chi connectivity index (χ1) is 0. The fraction of sp³-hybridized carbons (Fsp3) is 0. The summed E-state index contributed by atoms with van der Waals surface area (Å²) in [4.78, 5) is 0. The standard InChI is InChI=1S/Bi.3H2O.O.Zn/h;3*1H2;;/q;;;;-2;+2. The van der Waals surface area contributed by atoms with Crippen LogP contribution in [0.2, 0.25) is 0 Å². The third kappa shape index (κ3) is 55.7. The van der Waals surface area contributed by atoms with Crippen molar-refractivity contribution in [2.24, 2.45) is 0 Å². The molecule has 0 aliphatic carbocycles. The van der Waals surface area contributed by atoms with Gasteiger partial charge in [0, 0.05) is 26.2 Å². The van der Waals surface area contributed by atoms with Crippen molar-refractivity contribution in [3.05, 3.63) is 0 Å². The molecule has 4 nitrogen and oxygen atoms in total. The van der Waals surface area contributed by atoms with Crippen LogP contribution in [0.3, 0.4) is 0 Å². The Balaban J connectivity index is 0. The van der Waals surface area contributed by atoms with Crippen molar-refractivity contribution in [1.29, 1.82) is 0 Å². The Bertz CT molecular complexity index is 7.51. The van der Waals surface area contributed by atoms with Gasteiger partial charge in [-0.1, -0.05) is 0 Å². The molecule has 0 aliphatic heterocycles. The molecule has 0 amide bonds. The summed E-state index contributed by atoms with van der Waals surface area (Å²) in [6.45, 7) is 0. The van der Waals surface area contributed by atoms with Crippen LogP contribution in [0.4, 0.5) is 0 Å². The minimum absolute atomic E-state index is 0. The third-order valence-electron chi connectivity index (χ3n) is 0. The normalized spacial score (nSPS) is 0. The van der Waals surface area contributed by atoms with Gasteiger partial charge in [-0.25, -0.2) is 0 Å². The number of hydrogen-bond donors (Lipinski definition) is 0. The van der Waals surface area contributed by atoms with Crippen molar-refractivity contribution in [2.75, 3.05) is 0 Å². The van der Waals surface area contributed by atoms with E-state index in [2.05, 4.69) is 0 Å². The molecule has 0 aromatic rings. The first-order valence-electron chi connectivity index (χ1n) is 0. The van der Waals surface area contributed by atoms with E-state index in [9.17, 15) is 0 Å². The molecule has 0 bridgehead atoms. The van der Waals surface area contributed by atoms with Gasteiger partial charge in [-0.3, -0.25) is 0 Å². The van der Waals surface area contributed by atoms with Gasteiger partial charge in [0.2, 0.25) is 0 Å². The molecule has 6 heavy (non-hydrogen) atoms. The van der Waals surface area contributed by atoms with Crippen LogP contribution in [-0.2, 0) is 25.0 Å². The molecule has 0 spiro atoms. The van der Waals surface area contributed by atoms with Gasteiger partial charge in [-0.2, -0.15) is 0 Å². The van der Waals surface area contributed by atoms with E-state index in [1.54, 1.807) is 0 Å². The molecule has 0 saturated carbocycles. The molecule has 0 fully saturated rings. The van der Waals surface area contributed by atoms with Crippen LogP contribution in [0, 0.1) is 0 Å². The first kappa shape index (κ1) is 163. The van der Waals surface area contributed by atoms with Gasteiger partial charge >= 0.3 is 19.5 Å². The van der Waals surface area contributed by atoms with E-state index in [1.807, 2.05) is 0 Å². The SMILES string of the molecule is O.O.O.[Bi].[O-2].[Zn+2]. The molecule has 3 radical (unpaired) electrons. The second-order valence-corrected chi connectivity index (χ2v) is 0. The topological polar surface area (TPSA) is 123 Å². The molecule has 0 heterocycles. The maximum Gasteiger partial charge on any atom is 2.00 e. The fourth-order valence-electron chi connectivity index (χ4n) is 0. The number of hydrogen-bond acceptors (Lipinski definition) is 0. The molecular weight excluding hydrogens is 338 g/mol. The summed E-state index contributed by atoms with van der Waals surface area (Å²) in [5.41, 5.74) is 0. The molecule has 6 heteroatoms. The summed E-state index contributed by atoms with van der Waals surface area (Å²) in [6, 6.07) is 0. The zero-order valence-corrected chi connectivity index (χ0v) is 9.51. The van der Waals surface area contributed by atoms with Crippen LogP contribution < -0.4 is 0 Å². The van der Waals surface area contributed by atoms with E-state index < -0.39 is 0 Å². The van der Waals surface area contributed by atoms with Gasteiger partial charge in [0.25, 0.3) is 0 Å². The monoisotopic (exact) mass is 343 g/mol. The van der Waals surface area contributed by atoms with Crippen LogP contribution in [0.1, 0.15) is 0 Å². The average molecular weight is 344 g/mol. The van der Waals surface area contributed by atoms with Crippen molar-refractivity contribution >= 4 is 26.2 Å². The fourth-order valence-corrected chi connectivity index (χ4v) is 0. The van der Waals surface area contributed by atoms with E-state index in [-0.39, 0.29) is 67.6 Å². The van der Waals surface area contributed by atoms with Crippen LogP contribution in [-0.4, -0.2) is 42.6 Å². The summed E-state index contributed by atoms with van der Waals surface area (Å²) < 4.78 is 0. The Kier molecular flexibility index (Phi) is 2720. The van der Waals surface area contributed by atoms with Crippen molar-refractivity contribution in [3.63, 3.8) is 0 Å². The quantitative estimate of drug-likeness (QED) is 0.416. The summed E-state index contributed by atoms with van der Waals surface area (Å²) in [7, 11) is 0. The second kappa shape index (κ2) is 100. The van der Waals surface area contributed by atoms with Gasteiger partial charge in [0.05, 0.1) is 0 Å². The van der Waals surface area contributed by atoms with E-state index in [0.29, 0.717) is 0 Å². The van der Waals surface area contributed by atoms with Crippen molar-refractivity contribution in [2.45, 2.75) is 0 Å². The Morgan fingerprint density at radius 1 is 0.667 bits per heavy atom. The molecule has 6 N–H and O–H groups in total. The van der Waals surface area contributed by atoms with E-state index in [0.717, 1.165) is 0 Å². The molecule has 37 valence electrons. The zero-order valence-electron chi connectivity index (χ0n) is 3.06. The predicted octanol–water partition coefficient (Wildman–Crippen LogP) is -2.98. The Morgan fingerprint density at radius 2 is 0.667 bits per heavy atom. The van der Waals surface area contributed by atoms with Gasteiger partial charge in [0.1, 0.15) is 0 Å². The second-order valence-electron chi connectivity index (χ2n) is 0. The number of rotatable bonds is 0. The molecule has 0 aromatic carbocycles. The molecule has 0 aliphatic rings. The zero-order chi connectivity index (χ0) is 0. The molecular formula is H6BiO4Zn. The van der Waals surface area contributed by atoms with Crippen LogP contribution >= 0.6 is 0 Å². The largest absolute Gasteiger partial charge is 2.00 e. The average Bonchev–Trinajstić information content (AvgIpc) is 0. The maximum absolute atomic E-state index is 0. The minimum atomic E-state index is 0. The summed E-state index contributed by atoms with van der Waals surface area (Å²) in [5.74, 6) is 0. The maximum atomic E-state index is 0. The summed E-state index contributed by atoms with van der Waals surface area (Å²) >= 11 is 0. The van der Waals surface area contributed by atoms with E-state index in [4.69, 9.17) is 0 Å². The molecule has 0 rings (SSSR count). The van der Waals surface area contributed by atoms with Crippen LogP contribution in [0.15, 0.2) is 0 Å². The summed E-state index contributed by atoms with van der Waals surface area (Å²) in [6.07, 6.45) is 0. The predicted molar refractivity (Wildman–Crippen MR) is 17.3 cm³/mol. The van der Waals surface area contributed by atoms with Gasteiger partial charge in [-0.05, 0) is 0 Å². The first-order valence-corrected chi connectivity index (χ1v) is 0. The molecule has 0 atom stereocenters. The smallest absolute Gasteiger partial charge is 2.00 e. The van der Waals surface area contributed by atoms with Crippen LogP contribution in [0.5, 0.6) is 0 Å². The minimum Gasteiger partial charge on any atom is -2.00 e.